The van der Waals surface area contributed by atoms with Crippen LogP contribution in [0.4, 0.5) is 11.4 Å². The summed E-state index contributed by atoms with van der Waals surface area (Å²) in [6.45, 7) is 0.569. The smallest absolute Gasteiger partial charge is 0.313 e. The van der Waals surface area contributed by atoms with Crippen LogP contribution in [0.3, 0.4) is 0 Å². The number of fused-ring (bicyclic) bond motifs is 1. The average Bonchev–Trinajstić information content (AvgIpc) is 3.14. The molecule has 2 heterocycles. The Balaban J connectivity index is 1.88. The second kappa shape index (κ2) is 6.57. The number of hydrogen-bond donors (Lipinski definition) is 2. The van der Waals surface area contributed by atoms with Gasteiger partial charge in [-0.3, -0.25) is 14.4 Å². The summed E-state index contributed by atoms with van der Waals surface area (Å²) in [5.41, 5.74) is 2.19. The van der Waals surface area contributed by atoms with Crippen LogP contribution in [0.15, 0.2) is 41.0 Å². The first-order valence-electron chi connectivity index (χ1n) is 7.61. The number of carbonyl (C=O) groups excluding carboxylic acids is 3. The van der Waals surface area contributed by atoms with Crippen molar-refractivity contribution in [3.8, 4) is 0 Å². The lowest BCUT2D eigenvalue weighted by atomic mass is 10.0. The van der Waals surface area contributed by atoms with Gasteiger partial charge in [0.15, 0.2) is 5.76 Å². The highest BCUT2D eigenvalue weighted by molar-refractivity contribution is 6.39. The maximum absolute atomic E-state index is 12.6. The summed E-state index contributed by atoms with van der Waals surface area (Å²) in [7, 11) is 1.39. The van der Waals surface area contributed by atoms with Crippen molar-refractivity contribution in [2.75, 3.05) is 23.8 Å². The minimum Gasteiger partial charge on any atom is -0.459 e. The monoisotopic (exact) mass is 327 g/mol. The molecule has 0 saturated carbocycles. The summed E-state index contributed by atoms with van der Waals surface area (Å²) in [6.07, 6.45) is 3.16. The van der Waals surface area contributed by atoms with E-state index in [0.29, 0.717) is 12.2 Å². The van der Waals surface area contributed by atoms with Gasteiger partial charge in [-0.05, 0) is 42.7 Å². The van der Waals surface area contributed by atoms with E-state index < -0.39 is 11.8 Å². The van der Waals surface area contributed by atoms with Crippen molar-refractivity contribution in [1.82, 2.24) is 5.32 Å². The van der Waals surface area contributed by atoms with Gasteiger partial charge in [-0.2, -0.15) is 0 Å². The fourth-order valence-electron chi connectivity index (χ4n) is 2.70. The molecule has 0 fully saturated rings. The summed E-state index contributed by atoms with van der Waals surface area (Å²) in [4.78, 5) is 37.3. The molecule has 1 aromatic heterocycles. The van der Waals surface area contributed by atoms with Gasteiger partial charge in [-0.1, -0.05) is 6.07 Å². The van der Waals surface area contributed by atoms with Gasteiger partial charge in [-0.25, -0.2) is 0 Å². The van der Waals surface area contributed by atoms with Crippen LogP contribution < -0.4 is 15.5 Å². The Morgan fingerprint density at radius 3 is 2.71 bits per heavy atom. The SMILES string of the molecule is CNC(=O)C(=O)Nc1ccc2c(c1)N(C(=O)c1ccco1)CCC2. The van der Waals surface area contributed by atoms with Gasteiger partial charge in [0.1, 0.15) is 0 Å². The van der Waals surface area contributed by atoms with E-state index in [9.17, 15) is 14.4 Å². The summed E-state index contributed by atoms with van der Waals surface area (Å²) in [5, 5.41) is 4.79. The molecule has 7 nitrogen and oxygen atoms in total. The van der Waals surface area contributed by atoms with Gasteiger partial charge in [0.25, 0.3) is 5.91 Å². The molecule has 1 aliphatic heterocycles. The number of rotatable bonds is 2. The molecule has 0 radical (unpaired) electrons. The molecule has 1 aromatic carbocycles. The molecule has 0 saturated heterocycles. The number of aryl methyl sites for hydroxylation is 1. The molecule has 0 bridgehead atoms. The third-order valence-electron chi connectivity index (χ3n) is 3.87. The summed E-state index contributed by atoms with van der Waals surface area (Å²) in [5.74, 6) is -1.44. The van der Waals surface area contributed by atoms with Gasteiger partial charge in [-0.15, -0.1) is 0 Å². The first-order chi connectivity index (χ1) is 11.6. The van der Waals surface area contributed by atoms with Crippen LogP contribution in [0.25, 0.3) is 0 Å². The Bertz CT molecular complexity index is 783. The van der Waals surface area contributed by atoms with Gasteiger partial charge in [0, 0.05) is 25.0 Å². The minimum absolute atomic E-state index is 0.226. The van der Waals surface area contributed by atoms with Crippen molar-refractivity contribution in [1.29, 1.82) is 0 Å². The maximum Gasteiger partial charge on any atom is 0.313 e. The molecule has 7 heteroatoms. The normalized spacial score (nSPS) is 13.1. The Morgan fingerprint density at radius 2 is 2.00 bits per heavy atom. The van der Waals surface area contributed by atoms with Crippen LogP contribution in [0.5, 0.6) is 0 Å². The molecule has 124 valence electrons. The van der Waals surface area contributed by atoms with Crippen molar-refractivity contribution in [2.45, 2.75) is 12.8 Å². The highest BCUT2D eigenvalue weighted by Crippen LogP contribution is 2.31. The highest BCUT2D eigenvalue weighted by atomic mass is 16.3. The summed E-state index contributed by atoms with van der Waals surface area (Å²) < 4.78 is 5.19. The van der Waals surface area contributed by atoms with Crippen LogP contribution in [-0.4, -0.2) is 31.3 Å². The lowest BCUT2D eigenvalue weighted by molar-refractivity contribution is -0.135. The molecule has 0 spiro atoms. The topological polar surface area (TPSA) is 91.7 Å². The number of amides is 3. The zero-order chi connectivity index (χ0) is 17.1. The molecule has 2 aromatic rings. The predicted molar refractivity (Wildman–Crippen MR) is 87.8 cm³/mol. The maximum atomic E-state index is 12.6. The first-order valence-corrected chi connectivity index (χ1v) is 7.61. The fourth-order valence-corrected chi connectivity index (χ4v) is 2.70. The van der Waals surface area contributed by atoms with Gasteiger partial charge in [0.2, 0.25) is 0 Å². The van der Waals surface area contributed by atoms with E-state index in [4.69, 9.17) is 4.42 Å². The number of nitrogens with one attached hydrogen (secondary N) is 2. The Kier molecular flexibility index (Phi) is 4.33. The molecule has 24 heavy (non-hydrogen) atoms. The van der Waals surface area contributed by atoms with E-state index in [2.05, 4.69) is 10.6 Å². The standard InChI is InChI=1S/C17H17N3O4/c1-18-15(21)16(22)19-12-7-6-11-4-2-8-20(13(11)10-12)17(23)14-5-3-9-24-14/h3,5-7,9-10H,2,4,8H2,1H3,(H,18,21)(H,19,22). The molecule has 0 unspecified atom stereocenters. The van der Waals surface area contributed by atoms with Crippen molar-refractivity contribution in [3.05, 3.63) is 47.9 Å². The molecular formula is C17H17N3O4. The first kappa shape index (κ1) is 15.8. The fraction of sp³-hybridized carbons (Fsp3) is 0.235. The van der Waals surface area contributed by atoms with E-state index in [-0.39, 0.29) is 11.7 Å². The Labute approximate surface area is 138 Å². The highest BCUT2D eigenvalue weighted by Gasteiger charge is 2.25. The lowest BCUT2D eigenvalue weighted by Crippen LogP contribution is -2.35. The second-order valence-corrected chi connectivity index (χ2v) is 5.41. The van der Waals surface area contributed by atoms with E-state index in [1.54, 1.807) is 29.2 Å². The number of hydrogen-bond acceptors (Lipinski definition) is 4. The number of carbonyl (C=O) groups is 3. The molecule has 3 rings (SSSR count). The average molecular weight is 327 g/mol. The molecular weight excluding hydrogens is 310 g/mol. The molecule has 0 atom stereocenters. The van der Waals surface area contributed by atoms with E-state index in [0.717, 1.165) is 24.1 Å². The van der Waals surface area contributed by atoms with Crippen molar-refractivity contribution >= 4 is 29.1 Å². The van der Waals surface area contributed by atoms with Gasteiger partial charge in [0.05, 0.1) is 6.26 Å². The van der Waals surface area contributed by atoms with Gasteiger partial charge < -0.3 is 20.0 Å². The molecule has 0 aliphatic carbocycles. The van der Waals surface area contributed by atoms with E-state index in [1.807, 2.05) is 6.07 Å². The quantitative estimate of drug-likeness (QED) is 0.819. The third-order valence-corrected chi connectivity index (χ3v) is 3.87. The van der Waals surface area contributed by atoms with Crippen LogP contribution in [-0.2, 0) is 16.0 Å². The van der Waals surface area contributed by atoms with Crippen molar-refractivity contribution in [2.24, 2.45) is 0 Å². The van der Waals surface area contributed by atoms with Crippen LogP contribution >= 0.6 is 0 Å². The Hall–Kier alpha value is -3.09. The van der Waals surface area contributed by atoms with Crippen LogP contribution in [0, 0.1) is 0 Å². The van der Waals surface area contributed by atoms with Crippen molar-refractivity contribution in [3.63, 3.8) is 0 Å². The predicted octanol–water partition coefficient (Wildman–Crippen LogP) is 1.56. The van der Waals surface area contributed by atoms with Crippen molar-refractivity contribution < 1.29 is 18.8 Å². The van der Waals surface area contributed by atoms with E-state index in [1.165, 1.54) is 13.3 Å². The largest absolute Gasteiger partial charge is 0.459 e. The Morgan fingerprint density at radius 1 is 1.17 bits per heavy atom. The summed E-state index contributed by atoms with van der Waals surface area (Å²) in [6, 6.07) is 8.57. The number of benzene rings is 1. The van der Waals surface area contributed by atoms with Crippen LogP contribution in [0.1, 0.15) is 22.5 Å². The summed E-state index contributed by atoms with van der Waals surface area (Å²) >= 11 is 0. The number of anilines is 2. The number of furan rings is 1. The molecule has 3 amide bonds. The van der Waals surface area contributed by atoms with E-state index >= 15 is 0 Å². The zero-order valence-electron chi connectivity index (χ0n) is 13.2. The minimum atomic E-state index is -0.753. The number of likely N-dealkylation sites (N-methyl/N-ethyl adjacent to an activating group) is 1. The zero-order valence-corrected chi connectivity index (χ0v) is 13.2. The van der Waals surface area contributed by atoms with Crippen LogP contribution in [0.2, 0.25) is 0 Å². The lowest BCUT2D eigenvalue weighted by Gasteiger charge is -2.29. The molecule has 1 aliphatic rings. The third kappa shape index (κ3) is 3.01. The molecule has 2 N–H and O–H groups in total. The number of nitrogens with zero attached hydrogens (tertiary/aromatic N) is 1. The van der Waals surface area contributed by atoms with Gasteiger partial charge >= 0.3 is 11.8 Å². The second-order valence-electron chi connectivity index (χ2n) is 5.41.